The molecule has 1 saturated heterocycles. The molecule has 1 heterocycles. The lowest BCUT2D eigenvalue weighted by Crippen LogP contribution is -2.50. The van der Waals surface area contributed by atoms with Gasteiger partial charge in [0.1, 0.15) is 23.0 Å². The van der Waals surface area contributed by atoms with Crippen LogP contribution < -0.4 is 24.1 Å². The van der Waals surface area contributed by atoms with Crippen LogP contribution in [0.3, 0.4) is 0 Å². The summed E-state index contributed by atoms with van der Waals surface area (Å²) in [5.41, 5.74) is 1.47. The van der Waals surface area contributed by atoms with Crippen LogP contribution in [-0.2, 0) is 27.6 Å². The number of hydrogen-bond donors (Lipinski definition) is 1. The van der Waals surface area contributed by atoms with Gasteiger partial charge in [0.2, 0.25) is 10.0 Å². The number of nitrogens with zero attached hydrogens (tertiary/aromatic N) is 1. The van der Waals surface area contributed by atoms with Gasteiger partial charge in [-0.25, -0.2) is 13.6 Å². The quantitative estimate of drug-likeness (QED) is 0.465. The zero-order chi connectivity index (χ0) is 25.5. The van der Waals surface area contributed by atoms with Crippen LogP contribution in [0.5, 0.6) is 23.0 Å². The average molecular weight is 509 g/mol. The largest absolute Gasteiger partial charge is 0.497 e. The normalized spacial score (nSPS) is 15.0. The highest BCUT2D eigenvalue weighted by Gasteiger charge is 2.43. The summed E-state index contributed by atoms with van der Waals surface area (Å²) in [5, 5.41) is 6.02. The smallest absolute Gasteiger partial charge is 0.215 e. The van der Waals surface area contributed by atoms with Crippen LogP contribution in [-0.4, -0.2) is 79.4 Å². The van der Waals surface area contributed by atoms with E-state index in [0.29, 0.717) is 49.2 Å². The Morgan fingerprint density at radius 1 is 0.857 bits per heavy atom. The molecule has 2 aromatic carbocycles. The predicted molar refractivity (Wildman–Crippen MR) is 134 cm³/mol. The highest BCUT2D eigenvalue weighted by Crippen LogP contribution is 2.37. The van der Waals surface area contributed by atoms with Crippen LogP contribution in [0.4, 0.5) is 0 Å². The monoisotopic (exact) mass is 508 g/mol. The van der Waals surface area contributed by atoms with Crippen molar-refractivity contribution < 1.29 is 32.1 Å². The summed E-state index contributed by atoms with van der Waals surface area (Å²) in [6.45, 7) is 3.31. The molecular formula is C25H36N2O7S. The van der Waals surface area contributed by atoms with Gasteiger partial charge in [-0.05, 0) is 49.1 Å². The van der Waals surface area contributed by atoms with Crippen LogP contribution in [0.1, 0.15) is 17.5 Å². The number of primary sulfonamides is 1. The summed E-state index contributed by atoms with van der Waals surface area (Å²) in [4.78, 5) is 2.21. The number of sulfonamides is 1. The van der Waals surface area contributed by atoms with E-state index in [0.717, 1.165) is 24.2 Å². The van der Waals surface area contributed by atoms with Gasteiger partial charge in [-0.15, -0.1) is 0 Å². The molecule has 0 radical (unpaired) electrons. The second-order valence-electron chi connectivity index (χ2n) is 8.64. The number of morpholine rings is 1. The van der Waals surface area contributed by atoms with Crippen LogP contribution in [0, 0.1) is 0 Å². The lowest BCUT2D eigenvalue weighted by Gasteiger charge is -2.36. The maximum Gasteiger partial charge on any atom is 0.215 e. The Morgan fingerprint density at radius 2 is 1.34 bits per heavy atom. The van der Waals surface area contributed by atoms with Crippen molar-refractivity contribution in [2.24, 2.45) is 5.14 Å². The highest BCUT2D eigenvalue weighted by molar-refractivity contribution is 7.90. The first-order valence-electron chi connectivity index (χ1n) is 11.5. The van der Waals surface area contributed by atoms with E-state index in [4.69, 9.17) is 28.8 Å². The molecule has 0 aromatic heterocycles. The molecule has 10 heteroatoms. The summed E-state index contributed by atoms with van der Waals surface area (Å²) in [6, 6.07) is 10.7. The van der Waals surface area contributed by atoms with Crippen molar-refractivity contribution in [1.82, 2.24) is 4.90 Å². The standard InChI is InChI=1S/C25H36N2O7S/c1-30-21-7-5-19(23(15-21)32-3)17-25(35(26,28)29,9-10-27-11-13-34-14-12-27)18-20-6-8-22(31-2)16-24(20)33-4/h5-8,15-16H,9-14,17-18H2,1-4H3,(H2,26,28,29). The minimum absolute atomic E-state index is 0.165. The van der Waals surface area contributed by atoms with E-state index in [1.807, 2.05) is 12.1 Å². The molecule has 0 bridgehead atoms. The van der Waals surface area contributed by atoms with E-state index in [-0.39, 0.29) is 12.8 Å². The predicted octanol–water partition coefficient (Wildman–Crippen LogP) is 2.26. The zero-order valence-electron chi connectivity index (χ0n) is 20.9. The fraction of sp³-hybridized carbons (Fsp3) is 0.520. The first-order chi connectivity index (χ1) is 16.7. The Balaban J connectivity index is 2.06. The molecule has 1 aliphatic rings. The van der Waals surface area contributed by atoms with Gasteiger partial charge >= 0.3 is 0 Å². The number of rotatable bonds is 12. The third-order valence-corrected chi connectivity index (χ3v) is 8.30. The molecule has 1 fully saturated rings. The van der Waals surface area contributed by atoms with E-state index in [1.165, 1.54) is 0 Å². The molecule has 2 aromatic rings. The van der Waals surface area contributed by atoms with E-state index in [2.05, 4.69) is 4.90 Å². The molecule has 0 spiro atoms. The first-order valence-corrected chi connectivity index (χ1v) is 13.0. The van der Waals surface area contributed by atoms with E-state index < -0.39 is 14.8 Å². The van der Waals surface area contributed by atoms with Crippen molar-refractivity contribution in [2.45, 2.75) is 24.0 Å². The Morgan fingerprint density at radius 3 is 1.74 bits per heavy atom. The highest BCUT2D eigenvalue weighted by atomic mass is 32.2. The van der Waals surface area contributed by atoms with Gasteiger partial charge in [0, 0.05) is 25.2 Å². The second kappa shape index (κ2) is 11.9. The van der Waals surface area contributed by atoms with Gasteiger partial charge < -0.3 is 23.7 Å². The SMILES string of the molecule is COc1ccc(CC(CCN2CCOCC2)(Cc2ccc(OC)cc2OC)S(N)(=O)=O)c(OC)c1. The number of hydrogen-bond acceptors (Lipinski definition) is 8. The molecule has 0 atom stereocenters. The molecule has 0 unspecified atom stereocenters. The summed E-state index contributed by atoms with van der Waals surface area (Å²) >= 11 is 0. The summed E-state index contributed by atoms with van der Waals surface area (Å²) in [6.07, 6.45) is 0.660. The van der Waals surface area contributed by atoms with Crippen molar-refractivity contribution >= 4 is 10.0 Å². The lowest BCUT2D eigenvalue weighted by molar-refractivity contribution is 0.0359. The molecule has 0 aliphatic carbocycles. The van der Waals surface area contributed by atoms with E-state index in [1.54, 1.807) is 52.7 Å². The fourth-order valence-corrected chi connectivity index (χ4v) is 5.55. The molecule has 0 amide bonds. The van der Waals surface area contributed by atoms with Gasteiger partial charge in [-0.2, -0.15) is 0 Å². The average Bonchev–Trinajstić information content (AvgIpc) is 2.87. The summed E-state index contributed by atoms with van der Waals surface area (Å²) in [7, 11) is 2.21. The number of ether oxygens (including phenoxy) is 5. The van der Waals surface area contributed by atoms with Gasteiger partial charge in [-0.3, -0.25) is 4.90 Å². The van der Waals surface area contributed by atoms with E-state index in [9.17, 15) is 8.42 Å². The van der Waals surface area contributed by atoms with Crippen LogP contribution >= 0.6 is 0 Å². The minimum atomic E-state index is -4.04. The van der Waals surface area contributed by atoms with E-state index >= 15 is 0 Å². The van der Waals surface area contributed by atoms with Crippen molar-refractivity contribution in [2.75, 3.05) is 61.3 Å². The van der Waals surface area contributed by atoms with Crippen molar-refractivity contribution in [3.05, 3.63) is 47.5 Å². The minimum Gasteiger partial charge on any atom is -0.497 e. The number of methoxy groups -OCH3 is 4. The number of nitrogens with two attached hydrogens (primary N) is 1. The molecule has 9 nitrogen and oxygen atoms in total. The van der Waals surface area contributed by atoms with Gasteiger partial charge in [0.05, 0.1) is 46.4 Å². The number of benzene rings is 2. The Bertz CT molecular complexity index is 1030. The van der Waals surface area contributed by atoms with Gasteiger partial charge in [0.15, 0.2) is 0 Å². The Hall–Kier alpha value is -2.53. The van der Waals surface area contributed by atoms with Gasteiger partial charge in [-0.1, -0.05) is 12.1 Å². The lowest BCUT2D eigenvalue weighted by atomic mass is 9.87. The first kappa shape index (κ1) is 27.1. The van der Waals surface area contributed by atoms with Crippen molar-refractivity contribution in [3.8, 4) is 23.0 Å². The molecule has 3 rings (SSSR count). The third kappa shape index (κ3) is 6.58. The van der Waals surface area contributed by atoms with Gasteiger partial charge in [0.25, 0.3) is 0 Å². The van der Waals surface area contributed by atoms with Crippen molar-refractivity contribution in [3.63, 3.8) is 0 Å². The fourth-order valence-electron chi connectivity index (χ4n) is 4.46. The molecule has 35 heavy (non-hydrogen) atoms. The summed E-state index contributed by atoms with van der Waals surface area (Å²) in [5.74, 6) is 2.34. The Labute approximate surface area is 208 Å². The van der Waals surface area contributed by atoms with Crippen molar-refractivity contribution in [1.29, 1.82) is 0 Å². The molecule has 0 saturated carbocycles. The second-order valence-corrected chi connectivity index (χ2v) is 10.6. The molecule has 1 aliphatic heterocycles. The topological polar surface area (TPSA) is 110 Å². The van der Waals surface area contributed by atoms with Crippen LogP contribution in [0.2, 0.25) is 0 Å². The van der Waals surface area contributed by atoms with Crippen LogP contribution in [0.25, 0.3) is 0 Å². The Kier molecular flexibility index (Phi) is 9.23. The molecule has 194 valence electrons. The maximum atomic E-state index is 13.4. The molecular weight excluding hydrogens is 472 g/mol. The summed E-state index contributed by atoms with van der Waals surface area (Å²) < 4.78 is 52.7. The maximum absolute atomic E-state index is 13.4. The third-order valence-electron chi connectivity index (χ3n) is 6.60. The molecule has 2 N–H and O–H groups in total. The zero-order valence-corrected chi connectivity index (χ0v) is 21.7. The van der Waals surface area contributed by atoms with Crippen LogP contribution in [0.15, 0.2) is 36.4 Å².